The van der Waals surface area contributed by atoms with E-state index in [-0.39, 0.29) is 26.4 Å². The molecule has 8 heteroatoms. The quantitative estimate of drug-likeness (QED) is 0.640. The lowest BCUT2D eigenvalue weighted by molar-refractivity contribution is -0.384. The molecule has 0 unspecified atom stereocenters. The van der Waals surface area contributed by atoms with Crippen molar-refractivity contribution in [1.82, 2.24) is 0 Å². The molecular weight excluding hydrogens is 367 g/mol. The van der Waals surface area contributed by atoms with Crippen molar-refractivity contribution in [1.29, 1.82) is 0 Å². The lowest BCUT2D eigenvalue weighted by atomic mass is 10.2. The third-order valence-electron chi connectivity index (χ3n) is 2.59. The normalized spacial score (nSPS) is 10.2. The van der Waals surface area contributed by atoms with E-state index in [4.69, 9.17) is 11.6 Å². The predicted octanol–water partition coefficient (Wildman–Crippen LogP) is 4.40. The van der Waals surface area contributed by atoms with Gasteiger partial charge in [0.2, 0.25) is 0 Å². The van der Waals surface area contributed by atoms with Crippen LogP contribution in [0.15, 0.2) is 40.9 Å². The summed E-state index contributed by atoms with van der Waals surface area (Å²) in [5.41, 5.74) is 0.271. The Bertz CT molecular complexity index is 739. The smallest absolute Gasteiger partial charge is 0.271 e. The van der Waals surface area contributed by atoms with Gasteiger partial charge in [-0.1, -0.05) is 11.6 Å². The van der Waals surface area contributed by atoms with Crippen molar-refractivity contribution >= 4 is 44.8 Å². The molecule has 0 bridgehead atoms. The number of carbonyl (C=O) groups excluding carboxylic acids is 1. The third kappa shape index (κ3) is 3.56. The summed E-state index contributed by atoms with van der Waals surface area (Å²) in [6.45, 7) is 0. The maximum Gasteiger partial charge on any atom is 0.271 e. The number of rotatable bonds is 3. The maximum atomic E-state index is 13.1. The molecule has 0 aliphatic carbocycles. The van der Waals surface area contributed by atoms with Crippen molar-refractivity contribution in [3.8, 4) is 0 Å². The fraction of sp³-hybridized carbons (Fsp3) is 0. The fourth-order valence-corrected chi connectivity index (χ4v) is 2.15. The van der Waals surface area contributed by atoms with E-state index in [1.54, 1.807) is 0 Å². The minimum atomic E-state index is -0.589. The monoisotopic (exact) mass is 372 g/mol. The van der Waals surface area contributed by atoms with Crippen molar-refractivity contribution in [2.24, 2.45) is 0 Å². The first-order valence-electron chi connectivity index (χ1n) is 5.59. The molecule has 0 radical (unpaired) electrons. The van der Waals surface area contributed by atoms with Crippen LogP contribution in [-0.4, -0.2) is 10.8 Å². The van der Waals surface area contributed by atoms with Crippen molar-refractivity contribution in [2.45, 2.75) is 0 Å². The molecule has 0 aliphatic rings. The zero-order valence-electron chi connectivity index (χ0n) is 10.3. The largest absolute Gasteiger partial charge is 0.321 e. The number of halogens is 3. The van der Waals surface area contributed by atoms with Crippen LogP contribution in [0.2, 0.25) is 5.02 Å². The number of anilines is 1. The molecule has 2 aromatic rings. The molecule has 21 heavy (non-hydrogen) atoms. The Labute approximate surface area is 132 Å². The maximum absolute atomic E-state index is 13.1. The predicted molar refractivity (Wildman–Crippen MR) is 80.2 cm³/mol. The summed E-state index contributed by atoms with van der Waals surface area (Å²) in [6, 6.07) is 7.48. The van der Waals surface area contributed by atoms with Gasteiger partial charge in [0.1, 0.15) is 5.82 Å². The van der Waals surface area contributed by atoms with Crippen molar-refractivity contribution in [2.75, 3.05) is 5.32 Å². The highest BCUT2D eigenvalue weighted by molar-refractivity contribution is 9.10. The van der Waals surface area contributed by atoms with E-state index in [1.807, 2.05) is 0 Å². The SMILES string of the molecule is O=C(Nc1ccc([N+](=O)[O-])cc1Cl)c1ccc(F)c(Br)c1. The van der Waals surface area contributed by atoms with Gasteiger partial charge in [-0.05, 0) is 40.2 Å². The highest BCUT2D eigenvalue weighted by atomic mass is 79.9. The summed E-state index contributed by atoms with van der Waals surface area (Å²) >= 11 is 8.86. The number of hydrogen-bond acceptors (Lipinski definition) is 3. The minimum Gasteiger partial charge on any atom is -0.321 e. The first-order valence-corrected chi connectivity index (χ1v) is 6.76. The van der Waals surface area contributed by atoms with Gasteiger partial charge in [-0.15, -0.1) is 0 Å². The lowest BCUT2D eigenvalue weighted by Gasteiger charge is -2.07. The number of hydrogen-bond donors (Lipinski definition) is 1. The molecule has 0 fully saturated rings. The summed E-state index contributed by atoms with van der Waals surface area (Å²) in [5, 5.41) is 13.1. The molecule has 0 spiro atoms. The van der Waals surface area contributed by atoms with Crippen molar-refractivity contribution < 1.29 is 14.1 Å². The second-order valence-corrected chi connectivity index (χ2v) is 5.27. The Balaban J connectivity index is 2.23. The molecule has 1 N–H and O–H groups in total. The van der Waals surface area contributed by atoms with E-state index in [0.29, 0.717) is 0 Å². The Morgan fingerprint density at radius 2 is 2.00 bits per heavy atom. The van der Waals surface area contributed by atoms with E-state index in [0.717, 1.165) is 12.1 Å². The van der Waals surface area contributed by atoms with Crippen LogP contribution in [0.3, 0.4) is 0 Å². The zero-order valence-corrected chi connectivity index (χ0v) is 12.6. The van der Waals surface area contributed by atoms with Crippen molar-refractivity contribution in [3.05, 3.63) is 67.4 Å². The Hall–Kier alpha value is -1.99. The second-order valence-electron chi connectivity index (χ2n) is 4.00. The molecule has 0 saturated carbocycles. The van der Waals surface area contributed by atoms with Crippen LogP contribution in [0, 0.1) is 15.9 Å². The number of nitrogens with one attached hydrogen (secondary N) is 1. The van der Waals surface area contributed by atoms with E-state index >= 15 is 0 Å². The Morgan fingerprint density at radius 1 is 1.29 bits per heavy atom. The van der Waals surface area contributed by atoms with Crippen LogP contribution in [0.25, 0.3) is 0 Å². The number of carbonyl (C=O) groups is 1. The molecule has 0 heterocycles. The Morgan fingerprint density at radius 3 is 2.57 bits per heavy atom. The average molecular weight is 374 g/mol. The molecule has 0 atom stereocenters. The van der Waals surface area contributed by atoms with Crippen molar-refractivity contribution in [3.63, 3.8) is 0 Å². The summed E-state index contributed by atoms with van der Waals surface area (Å²) < 4.78 is 13.3. The summed E-state index contributed by atoms with van der Waals surface area (Å²) in [5.74, 6) is -0.994. The summed E-state index contributed by atoms with van der Waals surface area (Å²) in [6.07, 6.45) is 0. The molecule has 5 nitrogen and oxygen atoms in total. The molecule has 108 valence electrons. The first-order chi connectivity index (χ1) is 9.88. The van der Waals surface area contributed by atoms with E-state index in [1.165, 1.54) is 24.3 Å². The van der Waals surface area contributed by atoms with Gasteiger partial charge < -0.3 is 5.32 Å². The van der Waals surface area contributed by atoms with Gasteiger partial charge in [-0.3, -0.25) is 14.9 Å². The van der Waals surface area contributed by atoms with Crippen LogP contribution in [0.4, 0.5) is 15.8 Å². The van der Waals surface area contributed by atoms with Crippen LogP contribution in [-0.2, 0) is 0 Å². The minimum absolute atomic E-state index is 0.0405. The lowest BCUT2D eigenvalue weighted by Crippen LogP contribution is -2.12. The van der Waals surface area contributed by atoms with Gasteiger partial charge in [0, 0.05) is 17.7 Å². The molecule has 0 aromatic heterocycles. The average Bonchev–Trinajstić information content (AvgIpc) is 2.43. The van der Waals surface area contributed by atoms with Gasteiger partial charge in [0.15, 0.2) is 0 Å². The molecule has 1 amide bonds. The molecule has 2 aromatic carbocycles. The number of benzene rings is 2. The number of amides is 1. The zero-order chi connectivity index (χ0) is 15.6. The van der Waals surface area contributed by atoms with Crippen LogP contribution >= 0.6 is 27.5 Å². The fourth-order valence-electron chi connectivity index (χ4n) is 1.55. The van der Waals surface area contributed by atoms with Crippen LogP contribution in [0.5, 0.6) is 0 Å². The molecule has 2 rings (SSSR count). The van der Waals surface area contributed by atoms with E-state index in [2.05, 4.69) is 21.2 Å². The van der Waals surface area contributed by atoms with Gasteiger partial charge in [0.05, 0.1) is 20.1 Å². The number of nitro groups is 1. The number of non-ortho nitro benzene ring substituents is 1. The second kappa shape index (κ2) is 6.19. The molecular formula is C13H7BrClFN2O3. The van der Waals surface area contributed by atoms with Gasteiger partial charge >= 0.3 is 0 Å². The van der Waals surface area contributed by atoms with E-state index in [9.17, 15) is 19.3 Å². The van der Waals surface area contributed by atoms with Gasteiger partial charge in [-0.25, -0.2) is 4.39 Å². The molecule has 0 saturated heterocycles. The van der Waals surface area contributed by atoms with Gasteiger partial charge in [-0.2, -0.15) is 0 Å². The van der Waals surface area contributed by atoms with E-state index < -0.39 is 16.6 Å². The third-order valence-corrected chi connectivity index (χ3v) is 3.51. The molecule has 0 aliphatic heterocycles. The van der Waals surface area contributed by atoms with Crippen LogP contribution < -0.4 is 5.32 Å². The van der Waals surface area contributed by atoms with Crippen LogP contribution in [0.1, 0.15) is 10.4 Å². The van der Waals surface area contributed by atoms with Gasteiger partial charge in [0.25, 0.3) is 11.6 Å². The topological polar surface area (TPSA) is 72.2 Å². The first kappa shape index (κ1) is 15.4. The standard InChI is InChI=1S/C13H7BrClFN2O3/c14-9-5-7(1-3-11(9)16)13(19)17-12-4-2-8(18(20)21)6-10(12)15/h1-6H,(H,17,19). The highest BCUT2D eigenvalue weighted by Gasteiger charge is 2.13. The summed E-state index contributed by atoms with van der Waals surface area (Å²) in [4.78, 5) is 22.0. The number of nitrogens with zero attached hydrogens (tertiary/aromatic N) is 1. The highest BCUT2D eigenvalue weighted by Crippen LogP contribution is 2.27. The Kier molecular flexibility index (Phi) is 4.54. The summed E-state index contributed by atoms with van der Waals surface area (Å²) in [7, 11) is 0. The number of nitro benzene ring substituents is 1.